The highest BCUT2D eigenvalue weighted by molar-refractivity contribution is 5.70. The predicted molar refractivity (Wildman–Crippen MR) is 147 cm³/mol. The molecule has 5 aromatic rings. The molecule has 0 aliphatic rings. The Balaban J connectivity index is 1.60. The lowest BCUT2D eigenvalue weighted by Gasteiger charge is -2.19. The molecule has 0 saturated heterocycles. The van der Waals surface area contributed by atoms with Gasteiger partial charge >= 0.3 is 0 Å². The van der Waals surface area contributed by atoms with Crippen molar-refractivity contribution in [3.05, 3.63) is 117 Å². The molecule has 2 heterocycles. The predicted octanol–water partition coefficient (Wildman–Crippen LogP) is 5.19. The minimum atomic E-state index is -0.982. The van der Waals surface area contributed by atoms with Gasteiger partial charge in [0.25, 0.3) is 5.56 Å². The van der Waals surface area contributed by atoms with Gasteiger partial charge in [-0.05, 0) is 60.7 Å². The molecule has 38 heavy (non-hydrogen) atoms. The van der Waals surface area contributed by atoms with Crippen molar-refractivity contribution >= 4 is 5.78 Å². The molecular weight excluding hydrogens is 474 g/mol. The standard InChI is InChI=1S/C31H29N5O2/c1-4-7-28-27(18-21-10-12-22(13-11-21)26-9-6-5-8-23(26)19-32)29(37)35(30-33-20-34-36(28)30)25-16-14-24(15-17-25)31(2,3)38/h5-6,8-17,20,38H,4,7,18H2,1-3H3. The molecule has 2 aromatic heterocycles. The van der Waals surface area contributed by atoms with Crippen molar-refractivity contribution in [1.29, 1.82) is 5.26 Å². The number of aromatic nitrogens is 4. The summed E-state index contributed by atoms with van der Waals surface area (Å²) in [5, 5.41) is 24.3. The topological polar surface area (TPSA) is 96.2 Å². The number of hydrogen-bond acceptors (Lipinski definition) is 5. The number of nitriles is 1. The van der Waals surface area contributed by atoms with Crippen LogP contribution in [0.4, 0.5) is 0 Å². The average molecular weight is 504 g/mol. The lowest BCUT2D eigenvalue weighted by molar-refractivity contribution is 0.0786. The van der Waals surface area contributed by atoms with Gasteiger partial charge in [0, 0.05) is 12.0 Å². The maximum atomic E-state index is 14.0. The molecule has 0 bridgehead atoms. The van der Waals surface area contributed by atoms with Crippen molar-refractivity contribution in [1.82, 2.24) is 19.2 Å². The molecule has 0 spiro atoms. The largest absolute Gasteiger partial charge is 0.386 e. The van der Waals surface area contributed by atoms with E-state index >= 15 is 0 Å². The molecule has 0 saturated carbocycles. The van der Waals surface area contributed by atoms with Crippen LogP contribution in [0.25, 0.3) is 22.6 Å². The van der Waals surface area contributed by atoms with Crippen LogP contribution in [0.15, 0.2) is 83.9 Å². The normalized spacial score (nSPS) is 11.6. The van der Waals surface area contributed by atoms with Crippen molar-refractivity contribution in [3.8, 4) is 22.9 Å². The van der Waals surface area contributed by atoms with Gasteiger partial charge in [0.15, 0.2) is 0 Å². The molecule has 7 nitrogen and oxygen atoms in total. The van der Waals surface area contributed by atoms with Crippen LogP contribution in [0.3, 0.4) is 0 Å². The van der Waals surface area contributed by atoms with E-state index in [0.29, 0.717) is 35.4 Å². The Morgan fingerprint density at radius 2 is 1.71 bits per heavy atom. The zero-order chi connectivity index (χ0) is 26.9. The first-order chi connectivity index (χ1) is 18.3. The van der Waals surface area contributed by atoms with Gasteiger partial charge in [-0.1, -0.05) is 67.9 Å². The Kier molecular flexibility index (Phi) is 6.66. The summed E-state index contributed by atoms with van der Waals surface area (Å²) in [5.41, 5.74) is 5.27. The summed E-state index contributed by atoms with van der Waals surface area (Å²) in [6, 6.07) is 25.1. The Morgan fingerprint density at radius 1 is 1.00 bits per heavy atom. The number of benzene rings is 3. The molecule has 0 atom stereocenters. The fourth-order valence-electron chi connectivity index (χ4n) is 4.82. The van der Waals surface area contributed by atoms with Crippen molar-refractivity contribution in [2.75, 3.05) is 0 Å². The Bertz CT molecular complexity index is 1700. The highest BCUT2D eigenvalue weighted by Crippen LogP contribution is 2.25. The maximum Gasteiger partial charge on any atom is 0.263 e. The van der Waals surface area contributed by atoms with E-state index in [1.54, 1.807) is 22.9 Å². The molecule has 1 N–H and O–H groups in total. The number of aliphatic hydroxyl groups is 1. The Labute approximate surface area is 221 Å². The van der Waals surface area contributed by atoms with E-state index in [-0.39, 0.29) is 5.56 Å². The van der Waals surface area contributed by atoms with Crippen LogP contribution in [-0.2, 0) is 18.4 Å². The highest BCUT2D eigenvalue weighted by Gasteiger charge is 2.21. The summed E-state index contributed by atoms with van der Waals surface area (Å²) in [5.74, 6) is 0.460. The van der Waals surface area contributed by atoms with Crippen LogP contribution < -0.4 is 5.56 Å². The summed E-state index contributed by atoms with van der Waals surface area (Å²) in [6.45, 7) is 5.54. The first-order valence-electron chi connectivity index (χ1n) is 12.7. The number of hydrogen-bond donors (Lipinski definition) is 1. The van der Waals surface area contributed by atoms with Gasteiger partial charge in [0.05, 0.1) is 28.6 Å². The molecule has 0 unspecified atom stereocenters. The summed E-state index contributed by atoms with van der Waals surface area (Å²) in [7, 11) is 0. The second-order valence-corrected chi connectivity index (χ2v) is 9.92. The molecule has 0 fully saturated rings. The zero-order valence-electron chi connectivity index (χ0n) is 21.7. The van der Waals surface area contributed by atoms with Crippen molar-refractivity contribution in [3.63, 3.8) is 0 Å². The molecule has 3 aromatic carbocycles. The van der Waals surface area contributed by atoms with Gasteiger partial charge in [-0.15, -0.1) is 0 Å². The minimum Gasteiger partial charge on any atom is -0.386 e. The first-order valence-corrected chi connectivity index (χ1v) is 12.7. The smallest absolute Gasteiger partial charge is 0.263 e. The van der Waals surface area contributed by atoms with Crippen LogP contribution in [0, 0.1) is 11.3 Å². The molecule has 0 radical (unpaired) electrons. The number of nitrogens with zero attached hydrogens (tertiary/aromatic N) is 5. The zero-order valence-corrected chi connectivity index (χ0v) is 21.7. The van der Waals surface area contributed by atoms with E-state index in [9.17, 15) is 15.2 Å². The van der Waals surface area contributed by atoms with Crippen LogP contribution in [0.5, 0.6) is 0 Å². The third-order valence-electron chi connectivity index (χ3n) is 6.81. The first kappa shape index (κ1) is 25.1. The highest BCUT2D eigenvalue weighted by atomic mass is 16.3. The second-order valence-electron chi connectivity index (χ2n) is 9.92. The van der Waals surface area contributed by atoms with E-state index in [2.05, 4.69) is 23.1 Å². The monoisotopic (exact) mass is 503 g/mol. The summed E-state index contributed by atoms with van der Waals surface area (Å²) >= 11 is 0. The summed E-state index contributed by atoms with van der Waals surface area (Å²) < 4.78 is 3.36. The van der Waals surface area contributed by atoms with Gasteiger partial charge in [-0.25, -0.2) is 9.08 Å². The van der Waals surface area contributed by atoms with E-state index in [1.165, 1.54) is 6.33 Å². The Hall–Kier alpha value is -4.54. The fraction of sp³-hybridized carbons (Fsp3) is 0.226. The van der Waals surface area contributed by atoms with E-state index in [0.717, 1.165) is 34.4 Å². The third kappa shape index (κ3) is 4.62. The van der Waals surface area contributed by atoms with Gasteiger partial charge in [-0.2, -0.15) is 15.3 Å². The summed E-state index contributed by atoms with van der Waals surface area (Å²) in [6.07, 6.45) is 3.46. The lowest BCUT2D eigenvalue weighted by atomic mass is 9.97. The van der Waals surface area contributed by atoms with Crippen molar-refractivity contribution in [2.24, 2.45) is 0 Å². The van der Waals surface area contributed by atoms with E-state index in [1.807, 2.05) is 72.8 Å². The third-order valence-corrected chi connectivity index (χ3v) is 6.81. The van der Waals surface area contributed by atoms with Crippen molar-refractivity contribution in [2.45, 2.75) is 45.6 Å². The Morgan fingerprint density at radius 3 is 2.37 bits per heavy atom. The summed E-state index contributed by atoms with van der Waals surface area (Å²) in [4.78, 5) is 18.5. The minimum absolute atomic E-state index is 0.135. The fourth-order valence-corrected chi connectivity index (χ4v) is 4.82. The van der Waals surface area contributed by atoms with Gasteiger partial charge in [0.1, 0.15) is 6.33 Å². The second kappa shape index (κ2) is 10.1. The van der Waals surface area contributed by atoms with Gasteiger partial charge < -0.3 is 5.11 Å². The molecule has 190 valence electrons. The lowest BCUT2D eigenvalue weighted by Crippen LogP contribution is -2.28. The number of rotatable bonds is 7. The van der Waals surface area contributed by atoms with E-state index < -0.39 is 5.60 Å². The van der Waals surface area contributed by atoms with Crippen LogP contribution in [0.1, 0.15) is 55.1 Å². The van der Waals surface area contributed by atoms with Gasteiger partial charge in [0.2, 0.25) is 5.78 Å². The van der Waals surface area contributed by atoms with Crippen LogP contribution in [-0.4, -0.2) is 24.3 Å². The SMILES string of the molecule is CCCc1c(Cc2ccc(-c3ccccc3C#N)cc2)c(=O)n(-c2ccc(C(C)(C)O)cc2)c2ncnn12. The maximum absolute atomic E-state index is 14.0. The number of aryl methyl sites for hydroxylation is 1. The molecule has 0 aliphatic carbocycles. The molecule has 5 rings (SSSR count). The quantitative estimate of drug-likeness (QED) is 0.330. The van der Waals surface area contributed by atoms with Crippen molar-refractivity contribution < 1.29 is 5.11 Å². The van der Waals surface area contributed by atoms with Crippen LogP contribution >= 0.6 is 0 Å². The molecule has 0 amide bonds. The van der Waals surface area contributed by atoms with Crippen LogP contribution in [0.2, 0.25) is 0 Å². The van der Waals surface area contributed by atoms with Gasteiger partial charge in [-0.3, -0.25) is 4.79 Å². The average Bonchev–Trinajstić information content (AvgIpc) is 3.40. The molecule has 0 aliphatic heterocycles. The molecular formula is C31H29N5O2. The van der Waals surface area contributed by atoms with E-state index in [4.69, 9.17) is 0 Å². The number of fused-ring (bicyclic) bond motifs is 1. The molecule has 7 heteroatoms.